The molecule has 0 saturated carbocycles. The normalized spacial score (nSPS) is 24.0. The Hall–Kier alpha value is -1.26. The fraction of sp³-hybridized carbons (Fsp3) is 0.667. The van der Waals surface area contributed by atoms with Gasteiger partial charge in [0, 0.05) is 6.54 Å². The van der Waals surface area contributed by atoms with Gasteiger partial charge in [-0.25, -0.2) is 4.79 Å². The van der Waals surface area contributed by atoms with Gasteiger partial charge in [-0.3, -0.25) is 4.79 Å². The maximum atomic E-state index is 10.8. The number of amides is 1. The van der Waals surface area contributed by atoms with Crippen molar-refractivity contribution in [2.24, 2.45) is 0 Å². The minimum atomic E-state index is -1.40. The second-order valence-electron chi connectivity index (χ2n) is 2.31. The molecule has 1 heterocycles. The summed E-state index contributed by atoms with van der Waals surface area (Å²) in [7, 11) is 0. The summed E-state index contributed by atoms with van der Waals surface area (Å²) in [6.45, 7) is 0.609. The van der Waals surface area contributed by atoms with E-state index >= 15 is 0 Å². The van der Waals surface area contributed by atoms with Crippen LogP contribution in [0, 0.1) is 0 Å². The Balaban J connectivity index is 2.42. The lowest BCUT2D eigenvalue weighted by Gasteiger charge is -2.19. The van der Waals surface area contributed by atoms with E-state index in [0.29, 0.717) is 13.0 Å². The Labute approximate surface area is 63.3 Å². The van der Waals surface area contributed by atoms with Gasteiger partial charge in [0.25, 0.3) is 5.91 Å². The standard InChI is InChI=1S/C6H9NO4/c8-5-4(11-6(9)10)2-1-3-7-5/h4H,1-3H2,(H,7,8)(H,9,10). The predicted octanol–water partition coefficient (Wildman–Crippen LogP) is -0.0404. The smallest absolute Gasteiger partial charge is 0.450 e. The van der Waals surface area contributed by atoms with Gasteiger partial charge < -0.3 is 15.2 Å². The van der Waals surface area contributed by atoms with Crippen molar-refractivity contribution in [3.8, 4) is 0 Å². The van der Waals surface area contributed by atoms with E-state index in [-0.39, 0.29) is 5.91 Å². The van der Waals surface area contributed by atoms with Gasteiger partial charge in [0.1, 0.15) is 0 Å². The predicted molar refractivity (Wildman–Crippen MR) is 35.1 cm³/mol. The van der Waals surface area contributed by atoms with E-state index in [1.54, 1.807) is 0 Å². The summed E-state index contributed by atoms with van der Waals surface area (Å²) in [5, 5.41) is 10.7. The van der Waals surface area contributed by atoms with Crippen LogP contribution in [0.25, 0.3) is 0 Å². The summed E-state index contributed by atoms with van der Waals surface area (Å²) in [6.07, 6.45) is -0.949. The molecule has 1 amide bonds. The monoisotopic (exact) mass is 159 g/mol. The molecule has 0 aromatic carbocycles. The second-order valence-corrected chi connectivity index (χ2v) is 2.31. The van der Waals surface area contributed by atoms with Crippen LogP contribution in [-0.2, 0) is 9.53 Å². The molecule has 0 spiro atoms. The molecule has 1 unspecified atom stereocenters. The first-order valence-corrected chi connectivity index (χ1v) is 3.37. The topological polar surface area (TPSA) is 75.6 Å². The molecule has 0 bridgehead atoms. The van der Waals surface area contributed by atoms with Crippen LogP contribution in [0.3, 0.4) is 0 Å². The maximum Gasteiger partial charge on any atom is 0.506 e. The van der Waals surface area contributed by atoms with E-state index in [2.05, 4.69) is 10.1 Å². The van der Waals surface area contributed by atoms with Crippen molar-refractivity contribution in [3.63, 3.8) is 0 Å². The van der Waals surface area contributed by atoms with Crippen molar-refractivity contribution in [3.05, 3.63) is 0 Å². The van der Waals surface area contributed by atoms with Gasteiger partial charge in [0.15, 0.2) is 6.10 Å². The average molecular weight is 159 g/mol. The summed E-state index contributed by atoms with van der Waals surface area (Å²) in [6, 6.07) is 0. The second kappa shape index (κ2) is 3.23. The van der Waals surface area contributed by atoms with Crippen LogP contribution >= 0.6 is 0 Å². The van der Waals surface area contributed by atoms with E-state index in [1.807, 2.05) is 0 Å². The molecule has 1 atom stereocenters. The highest BCUT2D eigenvalue weighted by Crippen LogP contribution is 2.06. The minimum absolute atomic E-state index is 0.335. The minimum Gasteiger partial charge on any atom is -0.450 e. The van der Waals surface area contributed by atoms with Crippen molar-refractivity contribution in [1.29, 1.82) is 0 Å². The molecular weight excluding hydrogens is 150 g/mol. The molecule has 1 aliphatic rings. The molecular formula is C6H9NO4. The van der Waals surface area contributed by atoms with Crippen molar-refractivity contribution >= 4 is 12.1 Å². The number of carbonyl (C=O) groups excluding carboxylic acids is 1. The van der Waals surface area contributed by atoms with Crippen LogP contribution in [0.4, 0.5) is 4.79 Å². The molecule has 0 aromatic heterocycles. The van der Waals surface area contributed by atoms with Crippen LogP contribution in [0.5, 0.6) is 0 Å². The molecule has 1 aliphatic heterocycles. The lowest BCUT2D eigenvalue weighted by Crippen LogP contribution is -2.42. The number of nitrogens with one attached hydrogen (secondary N) is 1. The third-order valence-electron chi connectivity index (χ3n) is 1.48. The zero-order chi connectivity index (χ0) is 8.27. The van der Waals surface area contributed by atoms with Gasteiger partial charge >= 0.3 is 6.16 Å². The average Bonchev–Trinajstić information content (AvgIpc) is 1.93. The first kappa shape index (κ1) is 7.84. The fourth-order valence-electron chi connectivity index (χ4n) is 0.978. The number of carboxylic acid groups (broad SMARTS) is 1. The SMILES string of the molecule is O=C(O)OC1CCCNC1=O. The van der Waals surface area contributed by atoms with E-state index < -0.39 is 12.3 Å². The summed E-state index contributed by atoms with van der Waals surface area (Å²) in [4.78, 5) is 20.8. The van der Waals surface area contributed by atoms with Crippen molar-refractivity contribution in [2.75, 3.05) is 6.54 Å². The fourth-order valence-corrected chi connectivity index (χ4v) is 0.978. The molecule has 5 heteroatoms. The zero-order valence-electron chi connectivity index (χ0n) is 5.87. The highest BCUT2D eigenvalue weighted by molar-refractivity contribution is 5.83. The van der Waals surface area contributed by atoms with Crippen LogP contribution in [0.2, 0.25) is 0 Å². The lowest BCUT2D eigenvalue weighted by atomic mass is 10.1. The summed E-state index contributed by atoms with van der Waals surface area (Å²) in [5.41, 5.74) is 0. The molecule has 11 heavy (non-hydrogen) atoms. The van der Waals surface area contributed by atoms with Crippen LogP contribution < -0.4 is 5.32 Å². The highest BCUT2D eigenvalue weighted by Gasteiger charge is 2.25. The third kappa shape index (κ3) is 2.10. The van der Waals surface area contributed by atoms with Crippen LogP contribution in [-0.4, -0.2) is 29.8 Å². The van der Waals surface area contributed by atoms with Crippen molar-refractivity contribution in [1.82, 2.24) is 5.32 Å². The van der Waals surface area contributed by atoms with E-state index in [4.69, 9.17) is 5.11 Å². The molecule has 5 nitrogen and oxygen atoms in total. The van der Waals surface area contributed by atoms with Gasteiger partial charge in [0.2, 0.25) is 0 Å². The maximum absolute atomic E-state index is 10.8. The Morgan fingerprint density at radius 3 is 3.00 bits per heavy atom. The number of hydrogen-bond donors (Lipinski definition) is 2. The lowest BCUT2D eigenvalue weighted by molar-refractivity contribution is -0.132. The number of carbonyl (C=O) groups is 2. The van der Waals surface area contributed by atoms with Gasteiger partial charge in [-0.05, 0) is 12.8 Å². The molecule has 0 aliphatic carbocycles. The zero-order valence-corrected chi connectivity index (χ0v) is 5.87. The number of ether oxygens (including phenoxy) is 1. The summed E-state index contributed by atoms with van der Waals surface area (Å²) < 4.78 is 4.31. The summed E-state index contributed by atoms with van der Waals surface area (Å²) in [5.74, 6) is -0.335. The Bertz CT molecular complexity index is 179. The van der Waals surface area contributed by atoms with Gasteiger partial charge in [-0.1, -0.05) is 0 Å². The van der Waals surface area contributed by atoms with E-state index in [9.17, 15) is 9.59 Å². The molecule has 62 valence electrons. The molecule has 1 rings (SSSR count). The quantitative estimate of drug-likeness (QED) is 0.526. The van der Waals surface area contributed by atoms with E-state index in [1.165, 1.54) is 0 Å². The number of piperidine rings is 1. The van der Waals surface area contributed by atoms with Gasteiger partial charge in [-0.15, -0.1) is 0 Å². The van der Waals surface area contributed by atoms with Crippen molar-refractivity contribution in [2.45, 2.75) is 18.9 Å². The van der Waals surface area contributed by atoms with Crippen LogP contribution in [0.15, 0.2) is 0 Å². The Morgan fingerprint density at radius 2 is 2.45 bits per heavy atom. The van der Waals surface area contributed by atoms with Crippen molar-refractivity contribution < 1.29 is 19.4 Å². The van der Waals surface area contributed by atoms with Crippen LogP contribution in [0.1, 0.15) is 12.8 Å². The van der Waals surface area contributed by atoms with Gasteiger partial charge in [0.05, 0.1) is 0 Å². The molecule has 1 saturated heterocycles. The van der Waals surface area contributed by atoms with Gasteiger partial charge in [-0.2, -0.15) is 0 Å². The Morgan fingerprint density at radius 1 is 1.73 bits per heavy atom. The number of hydrogen-bond acceptors (Lipinski definition) is 3. The first-order valence-electron chi connectivity index (χ1n) is 3.37. The highest BCUT2D eigenvalue weighted by atomic mass is 16.7. The largest absolute Gasteiger partial charge is 0.506 e. The molecule has 0 radical (unpaired) electrons. The Kier molecular flexibility index (Phi) is 2.30. The molecule has 2 N–H and O–H groups in total. The number of rotatable bonds is 1. The third-order valence-corrected chi connectivity index (χ3v) is 1.48. The molecule has 0 aromatic rings. The molecule has 1 fully saturated rings. The first-order chi connectivity index (χ1) is 5.20. The van der Waals surface area contributed by atoms with E-state index in [0.717, 1.165) is 6.42 Å². The summed E-state index contributed by atoms with van der Waals surface area (Å²) >= 11 is 0.